The van der Waals surface area contributed by atoms with Gasteiger partial charge in [0.05, 0.1) is 11.7 Å². The maximum atomic E-state index is 10.6. The van der Waals surface area contributed by atoms with E-state index in [0.29, 0.717) is 5.69 Å². The number of aromatic nitrogens is 3. The van der Waals surface area contributed by atoms with Gasteiger partial charge in [-0.25, -0.2) is 4.79 Å². The molecule has 4 bridgehead atoms. The Morgan fingerprint density at radius 2 is 1.85 bits per heavy atom. The van der Waals surface area contributed by atoms with Gasteiger partial charge in [0.15, 0.2) is 0 Å². The molecule has 1 aromatic heterocycles. The normalized spacial score (nSPS) is 38.7. The predicted molar refractivity (Wildman–Crippen MR) is 72.8 cm³/mol. The zero-order valence-corrected chi connectivity index (χ0v) is 11.4. The van der Waals surface area contributed by atoms with Crippen LogP contribution in [0.25, 0.3) is 6.08 Å². The van der Waals surface area contributed by atoms with Gasteiger partial charge >= 0.3 is 5.97 Å². The molecule has 0 spiro atoms. The minimum atomic E-state index is -0.950. The summed E-state index contributed by atoms with van der Waals surface area (Å²) in [6, 6.07) is 0. The number of aliphatic carboxylic acids is 1. The fourth-order valence-electron chi connectivity index (χ4n) is 5.05. The maximum absolute atomic E-state index is 10.6. The van der Waals surface area contributed by atoms with Gasteiger partial charge in [-0.15, -0.1) is 0 Å². The van der Waals surface area contributed by atoms with Gasteiger partial charge in [0.1, 0.15) is 5.69 Å². The number of carboxylic acid groups (broad SMARTS) is 1. The summed E-state index contributed by atoms with van der Waals surface area (Å²) in [6.07, 6.45) is 12.1. The van der Waals surface area contributed by atoms with Crippen molar-refractivity contribution in [1.82, 2.24) is 15.0 Å². The fraction of sp³-hybridized carbons (Fsp3) is 0.667. The van der Waals surface area contributed by atoms with Crippen LogP contribution in [0.3, 0.4) is 0 Å². The van der Waals surface area contributed by atoms with Crippen molar-refractivity contribution in [2.24, 2.45) is 17.8 Å². The van der Waals surface area contributed by atoms with E-state index in [4.69, 9.17) is 5.11 Å². The molecule has 1 N–H and O–H groups in total. The van der Waals surface area contributed by atoms with Crippen molar-refractivity contribution in [2.45, 2.75) is 44.1 Å². The lowest BCUT2D eigenvalue weighted by Crippen LogP contribution is -2.52. The van der Waals surface area contributed by atoms with E-state index in [0.717, 1.165) is 23.8 Å². The third kappa shape index (κ3) is 1.87. The third-order valence-corrected chi connectivity index (χ3v) is 5.34. The summed E-state index contributed by atoms with van der Waals surface area (Å²) in [4.78, 5) is 12.5. The van der Waals surface area contributed by atoms with Crippen molar-refractivity contribution in [2.75, 3.05) is 0 Å². The molecule has 1 aromatic rings. The molecule has 0 unspecified atom stereocenters. The van der Waals surface area contributed by atoms with Crippen molar-refractivity contribution in [3.63, 3.8) is 0 Å². The fourth-order valence-corrected chi connectivity index (χ4v) is 5.05. The van der Waals surface area contributed by atoms with Crippen LogP contribution >= 0.6 is 0 Å². The van der Waals surface area contributed by atoms with E-state index in [9.17, 15) is 4.79 Å². The SMILES string of the molecule is O=C(O)/C=C/c1cnn(C23CC4CC(CC(C4)C2)C3)n1. The first-order valence-electron chi connectivity index (χ1n) is 7.47. The minimum Gasteiger partial charge on any atom is -0.478 e. The smallest absolute Gasteiger partial charge is 0.328 e. The Bertz CT molecular complexity index is 540. The van der Waals surface area contributed by atoms with Crippen LogP contribution in [-0.2, 0) is 10.3 Å². The molecule has 20 heavy (non-hydrogen) atoms. The van der Waals surface area contributed by atoms with Gasteiger partial charge in [0, 0.05) is 6.08 Å². The number of carboxylic acids is 1. The second-order valence-electron chi connectivity index (χ2n) is 6.87. The summed E-state index contributed by atoms with van der Waals surface area (Å²) in [5.74, 6) is 1.61. The summed E-state index contributed by atoms with van der Waals surface area (Å²) in [5, 5.41) is 17.6. The molecule has 0 amide bonds. The quantitative estimate of drug-likeness (QED) is 0.858. The van der Waals surface area contributed by atoms with E-state index >= 15 is 0 Å². The monoisotopic (exact) mass is 273 g/mol. The molecule has 4 aliphatic carbocycles. The Morgan fingerprint density at radius 1 is 1.25 bits per heavy atom. The van der Waals surface area contributed by atoms with Crippen LogP contribution in [-0.4, -0.2) is 26.1 Å². The van der Waals surface area contributed by atoms with Crippen LogP contribution in [0.4, 0.5) is 0 Å². The summed E-state index contributed by atoms with van der Waals surface area (Å²) >= 11 is 0. The molecule has 0 aromatic carbocycles. The summed E-state index contributed by atoms with van der Waals surface area (Å²) in [5.41, 5.74) is 0.757. The molecule has 4 fully saturated rings. The molecule has 5 rings (SSSR count). The van der Waals surface area contributed by atoms with E-state index in [-0.39, 0.29) is 5.54 Å². The van der Waals surface area contributed by atoms with E-state index in [1.807, 2.05) is 4.80 Å². The van der Waals surface area contributed by atoms with Crippen LogP contribution in [0.1, 0.15) is 44.2 Å². The Morgan fingerprint density at radius 3 is 2.40 bits per heavy atom. The van der Waals surface area contributed by atoms with Crippen molar-refractivity contribution in [3.8, 4) is 0 Å². The molecule has 5 heteroatoms. The molecule has 106 valence electrons. The average Bonchev–Trinajstić information content (AvgIpc) is 2.84. The summed E-state index contributed by atoms with van der Waals surface area (Å²) < 4.78 is 0. The topological polar surface area (TPSA) is 68.0 Å². The number of hydrogen-bond acceptors (Lipinski definition) is 3. The third-order valence-electron chi connectivity index (χ3n) is 5.34. The van der Waals surface area contributed by atoms with Gasteiger partial charge in [-0.05, 0) is 62.4 Å². The Balaban J connectivity index is 1.62. The van der Waals surface area contributed by atoms with Crippen molar-refractivity contribution in [1.29, 1.82) is 0 Å². The number of hydrogen-bond donors (Lipinski definition) is 1. The first-order chi connectivity index (χ1) is 9.63. The molecule has 5 nitrogen and oxygen atoms in total. The highest BCUT2D eigenvalue weighted by atomic mass is 16.4. The Hall–Kier alpha value is -1.65. The molecule has 4 aliphatic rings. The van der Waals surface area contributed by atoms with Gasteiger partial charge in [0.25, 0.3) is 0 Å². The molecule has 0 atom stereocenters. The van der Waals surface area contributed by atoms with Crippen molar-refractivity contribution in [3.05, 3.63) is 18.0 Å². The number of carbonyl (C=O) groups is 1. The van der Waals surface area contributed by atoms with Crippen LogP contribution in [0.15, 0.2) is 12.3 Å². The van der Waals surface area contributed by atoms with E-state index in [1.54, 1.807) is 6.20 Å². The van der Waals surface area contributed by atoms with Crippen LogP contribution in [0.5, 0.6) is 0 Å². The van der Waals surface area contributed by atoms with Gasteiger partial charge in [-0.1, -0.05) is 0 Å². The molecule has 1 heterocycles. The second-order valence-corrected chi connectivity index (χ2v) is 6.87. The van der Waals surface area contributed by atoms with Gasteiger partial charge in [0.2, 0.25) is 0 Å². The van der Waals surface area contributed by atoms with E-state index in [1.165, 1.54) is 44.6 Å². The largest absolute Gasteiger partial charge is 0.478 e. The van der Waals surface area contributed by atoms with Crippen molar-refractivity contribution >= 4 is 12.0 Å². The molecular weight excluding hydrogens is 254 g/mol. The lowest BCUT2D eigenvalue weighted by atomic mass is 9.53. The van der Waals surface area contributed by atoms with Gasteiger partial charge in [-0.2, -0.15) is 15.0 Å². The highest BCUT2D eigenvalue weighted by molar-refractivity contribution is 5.84. The van der Waals surface area contributed by atoms with E-state index < -0.39 is 5.97 Å². The molecule has 0 saturated heterocycles. The highest BCUT2D eigenvalue weighted by Crippen LogP contribution is 2.58. The molecule has 0 radical (unpaired) electrons. The molecule has 0 aliphatic heterocycles. The van der Waals surface area contributed by atoms with Crippen LogP contribution < -0.4 is 0 Å². The summed E-state index contributed by atoms with van der Waals surface area (Å²) in [7, 11) is 0. The van der Waals surface area contributed by atoms with E-state index in [2.05, 4.69) is 10.2 Å². The predicted octanol–water partition coefficient (Wildman–Crippen LogP) is 2.30. The lowest BCUT2D eigenvalue weighted by molar-refractivity contribution is -0.131. The summed E-state index contributed by atoms with van der Waals surface area (Å²) in [6.45, 7) is 0. The lowest BCUT2D eigenvalue weighted by Gasteiger charge is -2.55. The number of nitrogens with zero attached hydrogens (tertiary/aromatic N) is 3. The standard InChI is InChI=1S/C15H19N3O2/c19-14(20)2-1-13-9-16-18(17-13)15-6-10-3-11(7-15)5-12(4-10)8-15/h1-2,9-12H,3-8H2,(H,19,20)/b2-1+. The van der Waals surface area contributed by atoms with Gasteiger partial charge < -0.3 is 5.11 Å². The molecular formula is C15H19N3O2. The van der Waals surface area contributed by atoms with Crippen molar-refractivity contribution < 1.29 is 9.90 Å². The van der Waals surface area contributed by atoms with Crippen LogP contribution in [0, 0.1) is 17.8 Å². The zero-order valence-electron chi connectivity index (χ0n) is 11.4. The first kappa shape index (κ1) is 12.1. The Labute approximate surface area is 117 Å². The maximum Gasteiger partial charge on any atom is 0.328 e. The highest BCUT2D eigenvalue weighted by Gasteiger charge is 2.53. The average molecular weight is 273 g/mol. The zero-order chi connectivity index (χ0) is 13.7. The first-order valence-corrected chi connectivity index (χ1v) is 7.47. The Kier molecular flexibility index (Phi) is 2.53. The molecule has 4 saturated carbocycles. The second kappa shape index (κ2) is 4.17. The minimum absolute atomic E-state index is 0.115. The van der Waals surface area contributed by atoms with Crippen LogP contribution in [0.2, 0.25) is 0 Å². The number of rotatable bonds is 3. The van der Waals surface area contributed by atoms with Gasteiger partial charge in [-0.3, -0.25) is 0 Å².